The first kappa shape index (κ1) is 10.3. The summed E-state index contributed by atoms with van der Waals surface area (Å²) in [6.07, 6.45) is -0.288. The maximum Gasteiger partial charge on any atom is 0.147 e. The van der Waals surface area contributed by atoms with E-state index in [-0.39, 0.29) is 31.2 Å². The van der Waals surface area contributed by atoms with Gasteiger partial charge >= 0.3 is 0 Å². The molecule has 2 saturated heterocycles. The van der Waals surface area contributed by atoms with E-state index in [4.69, 9.17) is 23.7 Å². The van der Waals surface area contributed by atoms with Gasteiger partial charge in [-0.3, -0.25) is 0 Å². The van der Waals surface area contributed by atoms with Crippen molar-refractivity contribution < 1.29 is 23.7 Å². The third-order valence-corrected chi connectivity index (χ3v) is 2.66. The smallest absolute Gasteiger partial charge is 0.147 e. The van der Waals surface area contributed by atoms with Gasteiger partial charge in [0.05, 0.1) is 12.7 Å². The molecule has 0 aromatic rings. The van der Waals surface area contributed by atoms with Gasteiger partial charge in [0.1, 0.15) is 31.9 Å². The summed E-state index contributed by atoms with van der Waals surface area (Å²) in [7, 11) is 1.66. The second-order valence-corrected chi connectivity index (χ2v) is 3.51. The van der Waals surface area contributed by atoms with Crippen molar-refractivity contribution in [2.45, 2.75) is 31.3 Å². The van der Waals surface area contributed by atoms with Crippen molar-refractivity contribution in [2.75, 3.05) is 27.3 Å². The topological polar surface area (TPSA) is 46.2 Å². The average Bonchev–Trinajstić information content (AvgIpc) is 2.36. The van der Waals surface area contributed by atoms with Crippen LogP contribution in [0.3, 0.4) is 0 Å². The maximum atomic E-state index is 5.48. The summed E-state index contributed by atoms with van der Waals surface area (Å²) < 4.78 is 26.9. The number of methoxy groups -OCH3 is 1. The Kier molecular flexibility index (Phi) is 3.35. The number of ether oxygens (including phenoxy) is 5. The molecule has 2 aliphatic heterocycles. The van der Waals surface area contributed by atoms with Gasteiger partial charge in [-0.25, -0.2) is 0 Å². The van der Waals surface area contributed by atoms with Crippen molar-refractivity contribution in [3.05, 3.63) is 0 Å². The van der Waals surface area contributed by atoms with Crippen LogP contribution in [0.25, 0.3) is 0 Å². The summed E-state index contributed by atoms with van der Waals surface area (Å²) >= 11 is 0. The number of hydrogen-bond donors (Lipinski definition) is 0. The molecule has 82 valence electrons. The molecule has 5 heteroatoms. The fraction of sp³-hybridized carbons (Fsp3) is 1.00. The lowest BCUT2D eigenvalue weighted by molar-refractivity contribution is -0.228. The van der Waals surface area contributed by atoms with Crippen molar-refractivity contribution in [2.24, 2.45) is 0 Å². The summed E-state index contributed by atoms with van der Waals surface area (Å²) in [6.45, 7) is 3.07. The monoisotopic (exact) mass is 204 g/mol. The number of hydrogen-bond acceptors (Lipinski definition) is 5. The molecule has 0 amide bonds. The van der Waals surface area contributed by atoms with E-state index in [9.17, 15) is 0 Å². The highest BCUT2D eigenvalue weighted by molar-refractivity contribution is 4.86. The van der Waals surface area contributed by atoms with E-state index in [1.165, 1.54) is 0 Å². The molecular formula is C9H16O5. The molecule has 0 bridgehead atoms. The Bertz CT molecular complexity index is 186. The van der Waals surface area contributed by atoms with Crippen LogP contribution in [0.1, 0.15) is 6.92 Å². The van der Waals surface area contributed by atoms with E-state index in [1.54, 1.807) is 7.11 Å². The normalized spacial score (nSPS) is 44.1. The molecule has 0 aromatic carbocycles. The lowest BCUT2D eigenvalue weighted by Gasteiger charge is -2.34. The molecular weight excluding hydrogens is 188 g/mol. The van der Waals surface area contributed by atoms with Gasteiger partial charge in [0, 0.05) is 7.11 Å². The van der Waals surface area contributed by atoms with Gasteiger partial charge in [0.25, 0.3) is 0 Å². The minimum absolute atomic E-state index is 0.0203. The van der Waals surface area contributed by atoms with E-state index >= 15 is 0 Å². The number of fused-ring (bicyclic) bond motifs is 1. The minimum atomic E-state index is -0.0914. The molecule has 0 aromatic heterocycles. The van der Waals surface area contributed by atoms with Crippen LogP contribution in [0.15, 0.2) is 0 Å². The van der Waals surface area contributed by atoms with E-state index in [0.717, 1.165) is 0 Å². The molecule has 0 spiro atoms. The first-order chi connectivity index (χ1) is 6.83. The van der Waals surface area contributed by atoms with Gasteiger partial charge in [-0.05, 0) is 6.92 Å². The second-order valence-electron chi connectivity index (χ2n) is 3.51. The maximum absolute atomic E-state index is 5.48. The molecule has 0 unspecified atom stereocenters. The van der Waals surface area contributed by atoms with E-state index in [1.807, 2.05) is 6.92 Å². The molecule has 2 aliphatic rings. The standard InChI is InChI=1S/C9H16O5/c1-6-8(10-2)9-7(13-5-12-6)3-11-4-14-9/h6-9H,3-5H2,1-2H3/t6-,7+,8-,9-/m0/s1. The lowest BCUT2D eigenvalue weighted by atomic mass is 10.0. The summed E-state index contributed by atoms with van der Waals surface area (Å²) in [6, 6.07) is 0. The Morgan fingerprint density at radius 3 is 2.79 bits per heavy atom. The molecule has 2 rings (SSSR count). The predicted molar refractivity (Wildman–Crippen MR) is 46.8 cm³/mol. The molecule has 2 fully saturated rings. The Labute approximate surface area is 83.2 Å². The van der Waals surface area contributed by atoms with Crippen LogP contribution in [0.2, 0.25) is 0 Å². The van der Waals surface area contributed by atoms with Gasteiger partial charge in [0.15, 0.2) is 0 Å². The quantitative estimate of drug-likeness (QED) is 0.607. The zero-order valence-corrected chi connectivity index (χ0v) is 8.47. The van der Waals surface area contributed by atoms with Crippen LogP contribution in [-0.2, 0) is 23.7 Å². The summed E-state index contributed by atoms with van der Waals surface area (Å²) in [5, 5.41) is 0. The van der Waals surface area contributed by atoms with Crippen molar-refractivity contribution in [3.8, 4) is 0 Å². The Balaban J connectivity index is 2.09. The molecule has 0 saturated carbocycles. The van der Waals surface area contributed by atoms with Gasteiger partial charge in [0.2, 0.25) is 0 Å². The van der Waals surface area contributed by atoms with E-state index in [2.05, 4.69) is 0 Å². The third-order valence-electron chi connectivity index (χ3n) is 2.66. The van der Waals surface area contributed by atoms with Crippen LogP contribution in [0, 0.1) is 0 Å². The molecule has 14 heavy (non-hydrogen) atoms. The highest BCUT2D eigenvalue weighted by Gasteiger charge is 2.40. The van der Waals surface area contributed by atoms with E-state index in [0.29, 0.717) is 13.4 Å². The van der Waals surface area contributed by atoms with Crippen molar-refractivity contribution in [1.82, 2.24) is 0 Å². The van der Waals surface area contributed by atoms with Gasteiger partial charge < -0.3 is 23.7 Å². The fourth-order valence-electron chi connectivity index (χ4n) is 1.86. The largest absolute Gasteiger partial charge is 0.376 e. The minimum Gasteiger partial charge on any atom is -0.376 e. The Morgan fingerprint density at radius 2 is 2.00 bits per heavy atom. The highest BCUT2D eigenvalue weighted by atomic mass is 16.7. The summed E-state index contributed by atoms with van der Waals surface area (Å²) in [5.41, 5.74) is 0. The molecule has 0 N–H and O–H groups in total. The lowest BCUT2D eigenvalue weighted by Crippen LogP contribution is -2.50. The van der Waals surface area contributed by atoms with Crippen molar-refractivity contribution in [1.29, 1.82) is 0 Å². The number of rotatable bonds is 1. The summed E-state index contributed by atoms with van der Waals surface area (Å²) in [5.74, 6) is 0. The van der Waals surface area contributed by atoms with Crippen LogP contribution in [0.4, 0.5) is 0 Å². The predicted octanol–water partition coefficient (Wildman–Crippen LogP) is 0.136. The van der Waals surface area contributed by atoms with Crippen LogP contribution in [-0.4, -0.2) is 51.7 Å². The molecule has 5 nitrogen and oxygen atoms in total. The molecule has 0 aliphatic carbocycles. The molecule has 2 heterocycles. The van der Waals surface area contributed by atoms with Gasteiger partial charge in [-0.2, -0.15) is 0 Å². The Hall–Kier alpha value is -0.200. The van der Waals surface area contributed by atoms with Crippen LogP contribution >= 0.6 is 0 Å². The summed E-state index contributed by atoms with van der Waals surface area (Å²) in [4.78, 5) is 0. The first-order valence-electron chi connectivity index (χ1n) is 4.78. The second kappa shape index (κ2) is 4.55. The van der Waals surface area contributed by atoms with Crippen molar-refractivity contribution >= 4 is 0 Å². The zero-order chi connectivity index (χ0) is 9.97. The van der Waals surface area contributed by atoms with Gasteiger partial charge in [-0.15, -0.1) is 0 Å². The SMILES string of the molecule is CO[C@@H]1[C@H]2OCOC[C@H]2OCO[C@H]1C. The fourth-order valence-corrected chi connectivity index (χ4v) is 1.86. The molecule has 4 atom stereocenters. The highest BCUT2D eigenvalue weighted by Crippen LogP contribution is 2.23. The van der Waals surface area contributed by atoms with Gasteiger partial charge in [-0.1, -0.05) is 0 Å². The third kappa shape index (κ3) is 1.92. The molecule has 0 radical (unpaired) electrons. The van der Waals surface area contributed by atoms with Crippen LogP contribution < -0.4 is 0 Å². The zero-order valence-electron chi connectivity index (χ0n) is 8.47. The van der Waals surface area contributed by atoms with E-state index < -0.39 is 0 Å². The van der Waals surface area contributed by atoms with Crippen molar-refractivity contribution in [3.63, 3.8) is 0 Å². The first-order valence-corrected chi connectivity index (χ1v) is 4.78. The average molecular weight is 204 g/mol. The Morgan fingerprint density at radius 1 is 1.14 bits per heavy atom. The van der Waals surface area contributed by atoms with Crippen LogP contribution in [0.5, 0.6) is 0 Å².